The number of aromatic nitrogens is 3. The smallest absolute Gasteiger partial charge is 0.264 e. The number of rotatable bonds is 4. The Morgan fingerprint density at radius 3 is 2.33 bits per heavy atom. The lowest BCUT2D eigenvalue weighted by Gasteiger charge is -2.21. The molecule has 2 aromatic heterocycles. The van der Waals surface area contributed by atoms with Gasteiger partial charge >= 0.3 is 0 Å². The minimum Gasteiger partial charge on any atom is -0.342 e. The van der Waals surface area contributed by atoms with Gasteiger partial charge in [-0.1, -0.05) is 13.8 Å². The van der Waals surface area contributed by atoms with E-state index in [1.165, 1.54) is 0 Å². The second kappa shape index (κ2) is 6.04. The van der Waals surface area contributed by atoms with Crippen LogP contribution in [0.25, 0.3) is 22.0 Å². The molecule has 0 saturated carbocycles. The van der Waals surface area contributed by atoms with Crippen molar-refractivity contribution < 1.29 is 8.78 Å². The minimum absolute atomic E-state index is 0.0609. The average Bonchev–Trinajstić information content (AvgIpc) is 3.07. The third-order valence-electron chi connectivity index (χ3n) is 4.83. The summed E-state index contributed by atoms with van der Waals surface area (Å²) in [5.41, 5.74) is 3.30. The van der Waals surface area contributed by atoms with Crippen LogP contribution in [0.5, 0.6) is 0 Å². The third-order valence-corrected chi connectivity index (χ3v) is 4.83. The van der Waals surface area contributed by atoms with Gasteiger partial charge in [0, 0.05) is 47.0 Å². The highest BCUT2D eigenvalue weighted by Gasteiger charge is 2.21. The van der Waals surface area contributed by atoms with E-state index in [4.69, 9.17) is 0 Å². The molecule has 0 saturated heterocycles. The number of nitrogens with zero attached hydrogens (tertiary/aromatic N) is 3. The van der Waals surface area contributed by atoms with Gasteiger partial charge < -0.3 is 4.57 Å². The van der Waals surface area contributed by atoms with E-state index >= 15 is 0 Å². The second-order valence-corrected chi connectivity index (χ2v) is 6.84. The summed E-state index contributed by atoms with van der Waals surface area (Å²) in [5, 5.41) is 5.10. The zero-order valence-corrected chi connectivity index (χ0v) is 14.7. The van der Waals surface area contributed by atoms with Crippen LogP contribution in [0.15, 0.2) is 30.6 Å². The van der Waals surface area contributed by atoms with Gasteiger partial charge in [0.15, 0.2) is 0 Å². The number of alkyl halides is 2. The molecule has 0 N–H and O–H groups in total. The number of aryl methyl sites for hydroxylation is 2. The molecule has 0 aliphatic carbocycles. The average molecular weight is 331 g/mol. The SMILES string of the molecule is Cc1cc2cc(-c3cnn(C)c3)c(C(F)F)cc2n1C(C)C(C)C. The third kappa shape index (κ3) is 2.72. The molecule has 2 heterocycles. The molecular weight excluding hydrogens is 308 g/mol. The molecule has 0 bridgehead atoms. The lowest BCUT2D eigenvalue weighted by Crippen LogP contribution is -2.12. The second-order valence-electron chi connectivity index (χ2n) is 6.84. The van der Waals surface area contributed by atoms with Crippen LogP contribution in [-0.2, 0) is 7.05 Å². The Morgan fingerprint density at radius 2 is 1.79 bits per heavy atom. The molecule has 0 amide bonds. The van der Waals surface area contributed by atoms with Crippen LogP contribution < -0.4 is 0 Å². The zero-order valence-electron chi connectivity index (χ0n) is 14.7. The first-order valence-electron chi connectivity index (χ1n) is 8.22. The van der Waals surface area contributed by atoms with Crippen molar-refractivity contribution in [1.29, 1.82) is 0 Å². The molecule has 0 spiro atoms. The van der Waals surface area contributed by atoms with Gasteiger partial charge in [0.25, 0.3) is 6.43 Å². The van der Waals surface area contributed by atoms with Gasteiger partial charge in [-0.2, -0.15) is 5.10 Å². The Bertz CT molecular complexity index is 874. The highest BCUT2D eigenvalue weighted by atomic mass is 19.3. The van der Waals surface area contributed by atoms with Crippen molar-refractivity contribution in [2.75, 3.05) is 0 Å². The van der Waals surface area contributed by atoms with Gasteiger partial charge in [-0.05, 0) is 43.5 Å². The van der Waals surface area contributed by atoms with Crippen LogP contribution in [0.3, 0.4) is 0 Å². The zero-order chi connectivity index (χ0) is 17.6. The number of hydrogen-bond donors (Lipinski definition) is 0. The van der Waals surface area contributed by atoms with Crippen molar-refractivity contribution in [3.63, 3.8) is 0 Å². The maximum absolute atomic E-state index is 13.7. The molecule has 24 heavy (non-hydrogen) atoms. The first-order valence-corrected chi connectivity index (χ1v) is 8.22. The van der Waals surface area contributed by atoms with Gasteiger partial charge in [-0.25, -0.2) is 8.78 Å². The van der Waals surface area contributed by atoms with E-state index in [-0.39, 0.29) is 11.6 Å². The van der Waals surface area contributed by atoms with Gasteiger partial charge in [-0.15, -0.1) is 0 Å². The Hall–Kier alpha value is -2.17. The van der Waals surface area contributed by atoms with Crippen molar-refractivity contribution in [3.05, 3.63) is 41.9 Å². The summed E-state index contributed by atoms with van der Waals surface area (Å²) in [6.45, 7) is 8.46. The van der Waals surface area contributed by atoms with Crippen molar-refractivity contribution in [2.45, 2.75) is 40.2 Å². The van der Waals surface area contributed by atoms with Crippen LogP contribution in [0, 0.1) is 12.8 Å². The van der Waals surface area contributed by atoms with Crippen molar-refractivity contribution in [2.24, 2.45) is 13.0 Å². The number of halogens is 2. The van der Waals surface area contributed by atoms with E-state index in [1.807, 2.05) is 13.0 Å². The highest BCUT2D eigenvalue weighted by Crippen LogP contribution is 2.37. The predicted octanol–water partition coefficient (Wildman–Crippen LogP) is 5.50. The van der Waals surface area contributed by atoms with E-state index in [2.05, 4.69) is 36.5 Å². The predicted molar refractivity (Wildman–Crippen MR) is 93.4 cm³/mol. The van der Waals surface area contributed by atoms with Crippen LogP contribution in [0.2, 0.25) is 0 Å². The Kier molecular flexibility index (Phi) is 4.20. The van der Waals surface area contributed by atoms with Gasteiger partial charge in [0.1, 0.15) is 0 Å². The van der Waals surface area contributed by atoms with Crippen molar-refractivity contribution in [1.82, 2.24) is 14.3 Å². The molecule has 128 valence electrons. The minimum atomic E-state index is -2.53. The molecule has 1 unspecified atom stereocenters. The highest BCUT2D eigenvalue weighted by molar-refractivity contribution is 5.88. The quantitative estimate of drug-likeness (QED) is 0.618. The van der Waals surface area contributed by atoms with Crippen LogP contribution in [-0.4, -0.2) is 14.3 Å². The van der Waals surface area contributed by atoms with Crippen LogP contribution in [0.4, 0.5) is 8.78 Å². The first-order chi connectivity index (χ1) is 11.3. The monoisotopic (exact) mass is 331 g/mol. The van der Waals surface area contributed by atoms with Crippen LogP contribution >= 0.6 is 0 Å². The molecule has 3 aromatic rings. The molecule has 0 aliphatic heterocycles. The molecule has 0 aliphatic rings. The summed E-state index contributed by atoms with van der Waals surface area (Å²) in [7, 11) is 1.79. The van der Waals surface area contributed by atoms with Gasteiger partial charge in [0.2, 0.25) is 0 Å². The Morgan fingerprint density at radius 1 is 1.08 bits per heavy atom. The summed E-state index contributed by atoms with van der Waals surface area (Å²) in [4.78, 5) is 0. The molecule has 1 aromatic carbocycles. The van der Waals surface area contributed by atoms with Gasteiger partial charge in [-0.3, -0.25) is 4.68 Å². The molecule has 5 heteroatoms. The fraction of sp³-hybridized carbons (Fsp3) is 0.421. The molecule has 3 rings (SSSR count). The van der Waals surface area contributed by atoms with E-state index in [1.54, 1.807) is 30.2 Å². The number of fused-ring (bicyclic) bond motifs is 1. The van der Waals surface area contributed by atoms with E-state index in [9.17, 15) is 8.78 Å². The lowest BCUT2D eigenvalue weighted by atomic mass is 10.00. The number of hydrogen-bond acceptors (Lipinski definition) is 1. The normalized spacial score (nSPS) is 13.4. The molecular formula is C19H23F2N3. The topological polar surface area (TPSA) is 22.8 Å². The first kappa shape index (κ1) is 16.7. The van der Waals surface area contributed by atoms with E-state index < -0.39 is 6.43 Å². The maximum Gasteiger partial charge on any atom is 0.264 e. The van der Waals surface area contributed by atoms with E-state index in [0.29, 0.717) is 11.5 Å². The van der Waals surface area contributed by atoms with Crippen LogP contribution in [0.1, 0.15) is 44.5 Å². The maximum atomic E-state index is 13.7. The summed E-state index contributed by atoms with van der Waals surface area (Å²) < 4.78 is 31.2. The Labute approximate surface area is 140 Å². The molecule has 1 atom stereocenters. The van der Waals surface area contributed by atoms with Crippen molar-refractivity contribution in [3.8, 4) is 11.1 Å². The number of benzene rings is 1. The van der Waals surface area contributed by atoms with Crippen molar-refractivity contribution >= 4 is 10.9 Å². The summed E-state index contributed by atoms with van der Waals surface area (Å²) in [6.07, 6.45) is 0.879. The fourth-order valence-electron chi connectivity index (χ4n) is 3.26. The van der Waals surface area contributed by atoms with Gasteiger partial charge in [0.05, 0.1) is 6.20 Å². The fourth-order valence-corrected chi connectivity index (χ4v) is 3.26. The lowest BCUT2D eigenvalue weighted by molar-refractivity contribution is 0.152. The standard InChI is InChI=1S/C19H23F2N3/c1-11(2)13(4)24-12(3)6-14-7-16(15-9-22-23(5)10-15)17(19(20)21)8-18(14)24/h6-11,13,19H,1-5H3. The molecule has 3 nitrogen and oxygen atoms in total. The Balaban J connectivity index is 2.27. The molecule has 0 radical (unpaired) electrons. The van der Waals surface area contributed by atoms with E-state index in [0.717, 1.165) is 22.2 Å². The largest absolute Gasteiger partial charge is 0.342 e. The molecule has 0 fully saturated rings. The summed E-state index contributed by atoms with van der Waals surface area (Å²) in [5.74, 6) is 0.423. The summed E-state index contributed by atoms with van der Waals surface area (Å²) >= 11 is 0. The summed E-state index contributed by atoms with van der Waals surface area (Å²) in [6, 6.07) is 5.83.